The lowest BCUT2D eigenvalue weighted by Gasteiger charge is -2.15. The molecule has 0 spiro atoms. The molecule has 4 rings (SSSR count). The van der Waals surface area contributed by atoms with Crippen LogP contribution in [0.2, 0.25) is 5.02 Å². The van der Waals surface area contributed by atoms with E-state index in [1.807, 2.05) is 13.0 Å². The summed E-state index contributed by atoms with van der Waals surface area (Å²) in [6.45, 7) is 2.06. The minimum Gasteiger partial charge on any atom is -0.478 e. The molecule has 0 atom stereocenters. The zero-order chi connectivity index (χ0) is 27.1. The van der Waals surface area contributed by atoms with Gasteiger partial charge in [0.15, 0.2) is 6.54 Å². The molecule has 0 radical (unpaired) electrons. The second-order valence-corrected chi connectivity index (χ2v) is 11.8. The van der Waals surface area contributed by atoms with Crippen LogP contribution in [0.1, 0.15) is 29.3 Å². The Balaban J connectivity index is 2.19. The van der Waals surface area contributed by atoms with Gasteiger partial charge >= 0.3 is 5.97 Å². The van der Waals surface area contributed by atoms with Crippen LogP contribution in [0.25, 0.3) is 32.9 Å². The number of fused-ring (bicyclic) bond motifs is 2. The maximum absolute atomic E-state index is 12.7. The summed E-state index contributed by atoms with van der Waals surface area (Å²) in [5.74, 6) is -1.76. The number of pyridine rings is 1. The fourth-order valence-corrected chi connectivity index (χ4v) is 6.33. The number of benzene rings is 3. The molecule has 12 heteroatoms. The first-order valence-corrected chi connectivity index (χ1v) is 14.6. The standard InChI is InChI=1S/C25H22ClNO8S2/c1-2-15-10-11-18-21(14-15)27(12-5-13-36(30,31)32)20-9-4-6-16(22(20)23(18)25(28)29)17-7-3-8-19(26)24(17)37(33,34)35/h3-4,6-11,14H,2,5,12-13H2,1H3,(H2-,28,29,30,31,32,33,34,35)/p+1. The van der Waals surface area contributed by atoms with E-state index in [-0.39, 0.29) is 40.1 Å². The van der Waals surface area contributed by atoms with E-state index in [1.54, 1.807) is 28.8 Å². The van der Waals surface area contributed by atoms with E-state index in [4.69, 9.17) is 11.6 Å². The van der Waals surface area contributed by atoms with Crippen molar-refractivity contribution in [1.29, 1.82) is 0 Å². The van der Waals surface area contributed by atoms with Crippen molar-refractivity contribution < 1.29 is 40.4 Å². The second kappa shape index (κ2) is 9.99. The normalized spacial score (nSPS) is 12.3. The number of hydrogen-bond acceptors (Lipinski definition) is 5. The lowest BCUT2D eigenvalue weighted by atomic mass is 9.93. The zero-order valence-corrected chi connectivity index (χ0v) is 21.9. The van der Waals surface area contributed by atoms with Crippen molar-refractivity contribution in [2.75, 3.05) is 5.75 Å². The molecule has 0 amide bonds. The van der Waals surface area contributed by atoms with Gasteiger partial charge in [-0.3, -0.25) is 9.11 Å². The quantitative estimate of drug-likeness (QED) is 0.162. The largest absolute Gasteiger partial charge is 0.478 e. The van der Waals surface area contributed by atoms with Crippen molar-refractivity contribution >= 4 is 59.6 Å². The Bertz CT molecular complexity index is 1780. The van der Waals surface area contributed by atoms with Crippen LogP contribution >= 0.6 is 11.6 Å². The average Bonchev–Trinajstić information content (AvgIpc) is 2.81. The third kappa shape index (κ3) is 5.32. The molecule has 1 aromatic heterocycles. The molecule has 0 saturated carbocycles. The van der Waals surface area contributed by atoms with Crippen LogP contribution in [0.3, 0.4) is 0 Å². The highest BCUT2D eigenvalue weighted by molar-refractivity contribution is 7.86. The molecule has 3 N–H and O–H groups in total. The van der Waals surface area contributed by atoms with Gasteiger partial charge in [0.05, 0.1) is 27.1 Å². The molecular formula is C25H23ClNO8S2+. The summed E-state index contributed by atoms with van der Waals surface area (Å²) in [4.78, 5) is 12.1. The summed E-state index contributed by atoms with van der Waals surface area (Å²) >= 11 is 6.15. The summed E-state index contributed by atoms with van der Waals surface area (Å²) in [7, 11) is -9.02. The van der Waals surface area contributed by atoms with Crippen molar-refractivity contribution in [3.05, 3.63) is 70.7 Å². The number of hydrogen-bond donors (Lipinski definition) is 3. The summed E-state index contributed by atoms with van der Waals surface area (Å²) in [5, 5.41) is 10.6. The summed E-state index contributed by atoms with van der Waals surface area (Å²) < 4.78 is 68.2. The molecule has 9 nitrogen and oxygen atoms in total. The Morgan fingerprint density at radius 3 is 2.24 bits per heavy atom. The molecule has 0 aliphatic heterocycles. The first-order valence-electron chi connectivity index (χ1n) is 11.2. The van der Waals surface area contributed by atoms with Gasteiger partial charge in [-0.1, -0.05) is 48.9 Å². The summed E-state index contributed by atoms with van der Waals surface area (Å²) in [6.07, 6.45) is 0.704. The molecule has 0 saturated heterocycles. The van der Waals surface area contributed by atoms with E-state index in [2.05, 4.69) is 0 Å². The smallest absolute Gasteiger partial charge is 0.337 e. The third-order valence-corrected chi connectivity index (χ3v) is 8.31. The number of carboxylic acid groups (broad SMARTS) is 1. The van der Waals surface area contributed by atoms with Crippen molar-refractivity contribution in [2.45, 2.75) is 31.2 Å². The van der Waals surface area contributed by atoms with E-state index >= 15 is 0 Å². The van der Waals surface area contributed by atoms with Gasteiger partial charge in [-0.15, -0.1) is 0 Å². The second-order valence-electron chi connectivity index (χ2n) is 8.47. The third-order valence-electron chi connectivity index (χ3n) is 6.13. The lowest BCUT2D eigenvalue weighted by molar-refractivity contribution is -0.645. The Morgan fingerprint density at radius 1 is 0.946 bits per heavy atom. The van der Waals surface area contributed by atoms with Crippen LogP contribution in [0, 0.1) is 0 Å². The number of aryl methyl sites for hydroxylation is 2. The number of carboxylic acids is 1. The van der Waals surface area contributed by atoms with E-state index in [0.717, 1.165) is 5.56 Å². The van der Waals surface area contributed by atoms with Gasteiger partial charge < -0.3 is 5.11 Å². The van der Waals surface area contributed by atoms with Crippen LogP contribution in [0.15, 0.2) is 59.5 Å². The van der Waals surface area contributed by atoms with Crippen LogP contribution in [-0.2, 0) is 33.2 Å². The number of aromatic nitrogens is 1. The van der Waals surface area contributed by atoms with E-state index in [9.17, 15) is 35.8 Å². The molecule has 0 aliphatic carbocycles. The Morgan fingerprint density at radius 2 is 1.62 bits per heavy atom. The fraction of sp³-hybridized carbons (Fsp3) is 0.200. The van der Waals surface area contributed by atoms with E-state index < -0.39 is 36.9 Å². The van der Waals surface area contributed by atoms with Gasteiger partial charge in [0.2, 0.25) is 11.0 Å². The van der Waals surface area contributed by atoms with E-state index in [1.165, 1.54) is 24.3 Å². The molecule has 37 heavy (non-hydrogen) atoms. The highest BCUT2D eigenvalue weighted by Gasteiger charge is 2.29. The topological polar surface area (TPSA) is 150 Å². The molecule has 4 aromatic rings. The molecule has 194 valence electrons. The Kier molecular flexibility index (Phi) is 7.28. The number of carbonyl (C=O) groups is 1. The summed E-state index contributed by atoms with van der Waals surface area (Å²) in [5.41, 5.74) is 1.99. The van der Waals surface area contributed by atoms with Crippen molar-refractivity contribution in [2.24, 2.45) is 0 Å². The Labute approximate surface area is 218 Å². The minimum absolute atomic E-state index is 0.0112. The number of aromatic carboxylic acids is 1. The lowest BCUT2D eigenvalue weighted by Crippen LogP contribution is -2.37. The predicted octanol–water partition coefficient (Wildman–Crippen LogP) is 4.39. The molecule has 0 fully saturated rings. The maximum Gasteiger partial charge on any atom is 0.337 e. The minimum atomic E-state index is -4.79. The van der Waals surface area contributed by atoms with Gasteiger partial charge in [0.1, 0.15) is 4.90 Å². The van der Waals surface area contributed by atoms with Gasteiger partial charge in [0.25, 0.3) is 20.2 Å². The van der Waals surface area contributed by atoms with Gasteiger partial charge in [-0.05, 0) is 29.7 Å². The van der Waals surface area contributed by atoms with Gasteiger partial charge in [-0.2, -0.15) is 21.4 Å². The Hall–Kier alpha value is -3.09. The first-order chi connectivity index (χ1) is 17.3. The predicted molar refractivity (Wildman–Crippen MR) is 139 cm³/mol. The first kappa shape index (κ1) is 27.0. The van der Waals surface area contributed by atoms with Crippen LogP contribution in [-0.4, -0.2) is 42.8 Å². The van der Waals surface area contributed by atoms with Crippen LogP contribution in [0.5, 0.6) is 0 Å². The molecule has 1 heterocycles. The van der Waals surface area contributed by atoms with Crippen LogP contribution in [0.4, 0.5) is 0 Å². The molecular weight excluding hydrogens is 542 g/mol. The van der Waals surface area contributed by atoms with Gasteiger partial charge in [0, 0.05) is 24.1 Å². The van der Waals surface area contributed by atoms with Crippen molar-refractivity contribution in [1.82, 2.24) is 0 Å². The molecule has 0 aliphatic rings. The molecule has 3 aromatic carbocycles. The molecule has 0 bridgehead atoms. The number of nitrogens with zero attached hydrogens (tertiary/aromatic N) is 1. The monoisotopic (exact) mass is 564 g/mol. The van der Waals surface area contributed by atoms with Crippen molar-refractivity contribution in [3.63, 3.8) is 0 Å². The SMILES string of the molecule is CCc1ccc2c(C(=O)O)c3c(-c4cccc(Cl)c4S(=O)(=O)O)cccc3[n+](CCCS(=O)(=O)O)c2c1. The maximum atomic E-state index is 12.7. The van der Waals surface area contributed by atoms with E-state index in [0.29, 0.717) is 22.8 Å². The average molecular weight is 565 g/mol. The number of rotatable bonds is 8. The fourth-order valence-electron chi connectivity index (χ4n) is 4.60. The summed E-state index contributed by atoms with van der Waals surface area (Å²) in [6, 6.07) is 14.3. The highest BCUT2D eigenvalue weighted by Crippen LogP contribution is 2.39. The van der Waals surface area contributed by atoms with Crippen LogP contribution < -0.4 is 4.57 Å². The zero-order valence-electron chi connectivity index (χ0n) is 19.5. The van der Waals surface area contributed by atoms with Gasteiger partial charge in [-0.25, -0.2) is 4.79 Å². The number of halogens is 1. The molecule has 0 unspecified atom stereocenters. The van der Waals surface area contributed by atoms with Crippen molar-refractivity contribution in [3.8, 4) is 11.1 Å². The highest BCUT2D eigenvalue weighted by atomic mass is 35.5.